The molecule has 0 fully saturated rings. The van der Waals surface area contributed by atoms with Gasteiger partial charge in [-0.05, 0) is 105 Å². The van der Waals surface area contributed by atoms with E-state index < -0.39 is 10.8 Å². The van der Waals surface area contributed by atoms with Crippen molar-refractivity contribution in [2.75, 3.05) is 0 Å². The SMILES string of the molecule is Cc1ccccc1-c1cc(C2=CCCC(C(c3ccccc3)(c3ccccc3)c3ccccc3)=C2)nc(-c2cccc(C(c3ccccc3)(c3ccccc3)c3ccccc3)c2)c1. The molecule has 10 rings (SSSR count). The van der Waals surface area contributed by atoms with Crippen LogP contribution in [0.15, 0.2) is 260 Å². The molecule has 0 N–H and O–H groups in total. The first-order valence-electron chi connectivity index (χ1n) is 22.1. The minimum atomic E-state index is -0.574. The van der Waals surface area contributed by atoms with Crippen LogP contribution in [0, 0.1) is 6.92 Å². The van der Waals surface area contributed by atoms with Gasteiger partial charge in [-0.1, -0.05) is 237 Å². The minimum Gasteiger partial charge on any atom is -0.248 e. The van der Waals surface area contributed by atoms with Crippen LogP contribution in [0.5, 0.6) is 0 Å². The lowest BCUT2D eigenvalue weighted by molar-refractivity contribution is 0.677. The molecule has 1 aliphatic rings. The number of aryl methyl sites for hydroxylation is 1. The van der Waals surface area contributed by atoms with Crippen LogP contribution < -0.4 is 0 Å². The van der Waals surface area contributed by atoms with Crippen LogP contribution in [0.3, 0.4) is 0 Å². The first-order valence-corrected chi connectivity index (χ1v) is 22.1. The van der Waals surface area contributed by atoms with Crippen molar-refractivity contribution in [1.82, 2.24) is 4.98 Å². The third-order valence-electron chi connectivity index (χ3n) is 13.0. The van der Waals surface area contributed by atoms with Crippen molar-refractivity contribution in [3.63, 3.8) is 0 Å². The minimum absolute atomic E-state index is 0.496. The molecule has 0 saturated carbocycles. The van der Waals surface area contributed by atoms with Crippen LogP contribution in [0.1, 0.15) is 63.0 Å². The van der Waals surface area contributed by atoms with E-state index in [9.17, 15) is 0 Å². The standard InChI is InChI=1S/C62H49N/c1-46-24-20-21-41-58(46)49-44-59(47-25-22-39-56(42-47)61(50-27-8-2-9-28-50,51-29-10-3-11-30-51)52-31-12-4-13-32-52)63-60(45-49)48-26-23-40-57(43-48)62(53-33-14-5-15-34-53,54-35-16-6-17-36-54)55-37-18-7-19-38-55/h2-22,24-39,41-45H,23,40H2,1H3. The summed E-state index contributed by atoms with van der Waals surface area (Å²) < 4.78 is 0. The Morgan fingerprint density at radius 2 is 0.778 bits per heavy atom. The zero-order valence-electron chi connectivity index (χ0n) is 35.6. The number of hydrogen-bond donors (Lipinski definition) is 0. The number of hydrogen-bond acceptors (Lipinski definition) is 1. The van der Waals surface area contributed by atoms with Crippen LogP contribution in [0.2, 0.25) is 0 Å². The Morgan fingerprint density at radius 1 is 0.365 bits per heavy atom. The molecule has 63 heavy (non-hydrogen) atoms. The van der Waals surface area contributed by atoms with Crippen molar-refractivity contribution in [2.24, 2.45) is 0 Å². The normalized spacial score (nSPS) is 12.9. The predicted octanol–water partition coefficient (Wildman–Crippen LogP) is 15.2. The van der Waals surface area contributed by atoms with E-state index >= 15 is 0 Å². The number of nitrogens with zero attached hydrogens (tertiary/aromatic N) is 1. The van der Waals surface area contributed by atoms with Gasteiger partial charge in [-0.2, -0.15) is 0 Å². The topological polar surface area (TPSA) is 12.9 Å². The van der Waals surface area contributed by atoms with Crippen LogP contribution in [0.4, 0.5) is 0 Å². The molecular formula is C62H49N. The lowest BCUT2D eigenvalue weighted by Gasteiger charge is -2.40. The lowest BCUT2D eigenvalue weighted by atomic mass is 9.62. The highest BCUT2D eigenvalue weighted by molar-refractivity contribution is 5.82. The van der Waals surface area contributed by atoms with Crippen molar-refractivity contribution in [3.8, 4) is 22.4 Å². The molecule has 9 aromatic rings. The van der Waals surface area contributed by atoms with Gasteiger partial charge in [-0.3, -0.25) is 0 Å². The van der Waals surface area contributed by atoms with Gasteiger partial charge in [-0.15, -0.1) is 0 Å². The second kappa shape index (κ2) is 17.4. The molecule has 1 aliphatic carbocycles. The maximum Gasteiger partial charge on any atom is 0.0715 e. The van der Waals surface area contributed by atoms with Crippen LogP contribution >= 0.6 is 0 Å². The number of aromatic nitrogens is 1. The molecule has 0 atom stereocenters. The van der Waals surface area contributed by atoms with E-state index in [0.717, 1.165) is 40.9 Å². The van der Waals surface area contributed by atoms with Gasteiger partial charge in [-0.25, -0.2) is 4.98 Å². The van der Waals surface area contributed by atoms with Crippen LogP contribution in [-0.4, -0.2) is 4.98 Å². The molecule has 1 aromatic heterocycles. The molecule has 0 aliphatic heterocycles. The fourth-order valence-electron chi connectivity index (χ4n) is 10.2. The molecule has 302 valence electrons. The van der Waals surface area contributed by atoms with Gasteiger partial charge in [0, 0.05) is 5.56 Å². The molecule has 0 unspecified atom stereocenters. The summed E-state index contributed by atoms with van der Waals surface area (Å²) >= 11 is 0. The summed E-state index contributed by atoms with van der Waals surface area (Å²) in [6, 6.07) is 88.4. The van der Waals surface area contributed by atoms with Gasteiger partial charge in [0.2, 0.25) is 0 Å². The molecule has 1 nitrogen and oxygen atoms in total. The predicted molar refractivity (Wildman–Crippen MR) is 263 cm³/mol. The van der Waals surface area contributed by atoms with Gasteiger partial charge >= 0.3 is 0 Å². The molecule has 1 heteroatoms. The average molecular weight is 808 g/mol. The van der Waals surface area contributed by atoms with Crippen molar-refractivity contribution in [2.45, 2.75) is 30.6 Å². The van der Waals surface area contributed by atoms with Crippen LogP contribution in [-0.2, 0) is 10.8 Å². The van der Waals surface area contributed by atoms with Gasteiger partial charge in [0.15, 0.2) is 0 Å². The lowest BCUT2D eigenvalue weighted by Crippen LogP contribution is -2.32. The maximum atomic E-state index is 5.65. The second-order valence-electron chi connectivity index (χ2n) is 16.6. The third-order valence-corrected chi connectivity index (χ3v) is 13.0. The summed E-state index contributed by atoms with van der Waals surface area (Å²) in [6.45, 7) is 2.20. The zero-order valence-corrected chi connectivity index (χ0v) is 35.6. The van der Waals surface area contributed by atoms with Crippen molar-refractivity contribution in [1.29, 1.82) is 0 Å². The molecule has 0 amide bonds. The van der Waals surface area contributed by atoms with E-state index in [0.29, 0.717) is 0 Å². The van der Waals surface area contributed by atoms with E-state index in [2.05, 4.69) is 262 Å². The highest BCUT2D eigenvalue weighted by Crippen LogP contribution is 2.50. The van der Waals surface area contributed by atoms with Gasteiger partial charge < -0.3 is 0 Å². The molecule has 0 bridgehead atoms. The first kappa shape index (κ1) is 39.5. The highest BCUT2D eigenvalue weighted by atomic mass is 14.7. The maximum absolute atomic E-state index is 5.65. The summed E-state index contributed by atoms with van der Waals surface area (Å²) in [7, 11) is 0. The Bertz CT molecular complexity index is 2830. The van der Waals surface area contributed by atoms with Crippen molar-refractivity contribution < 1.29 is 0 Å². The Kier molecular flexibility index (Phi) is 10.9. The number of allylic oxidation sites excluding steroid dienone is 4. The van der Waals surface area contributed by atoms with Crippen LogP contribution in [0.25, 0.3) is 28.0 Å². The highest BCUT2D eigenvalue weighted by Gasteiger charge is 2.41. The van der Waals surface area contributed by atoms with Crippen molar-refractivity contribution >= 4 is 5.57 Å². The summed E-state index contributed by atoms with van der Waals surface area (Å²) in [4.78, 5) is 5.65. The van der Waals surface area contributed by atoms with Crippen molar-refractivity contribution in [3.05, 3.63) is 311 Å². The smallest absolute Gasteiger partial charge is 0.0715 e. The van der Waals surface area contributed by atoms with E-state index in [4.69, 9.17) is 4.98 Å². The fraction of sp³-hybridized carbons (Fsp3) is 0.0806. The molecule has 1 heterocycles. The van der Waals surface area contributed by atoms with Gasteiger partial charge in [0.25, 0.3) is 0 Å². The summed E-state index contributed by atoms with van der Waals surface area (Å²) in [5, 5.41) is 0. The molecule has 0 radical (unpaired) electrons. The van der Waals surface area contributed by atoms with Gasteiger partial charge in [0.05, 0.1) is 22.2 Å². The van der Waals surface area contributed by atoms with E-state index in [-0.39, 0.29) is 0 Å². The molecular weight excluding hydrogens is 759 g/mol. The van der Waals surface area contributed by atoms with E-state index in [1.807, 2.05) is 0 Å². The number of rotatable bonds is 11. The summed E-state index contributed by atoms with van der Waals surface area (Å²) in [5.41, 5.74) is 16.6. The third kappa shape index (κ3) is 7.26. The number of pyridine rings is 1. The summed E-state index contributed by atoms with van der Waals surface area (Å²) in [6.07, 6.45) is 6.68. The monoisotopic (exact) mass is 807 g/mol. The quantitative estimate of drug-likeness (QED) is 0.119. The average Bonchev–Trinajstić information content (AvgIpc) is 3.37. The molecule has 8 aromatic carbocycles. The Balaban J connectivity index is 1.19. The second-order valence-corrected chi connectivity index (χ2v) is 16.6. The molecule has 0 saturated heterocycles. The van der Waals surface area contributed by atoms with E-state index in [1.165, 1.54) is 55.6 Å². The Morgan fingerprint density at radius 3 is 1.25 bits per heavy atom. The fourth-order valence-corrected chi connectivity index (χ4v) is 10.2. The zero-order chi connectivity index (χ0) is 42.5. The Labute approximate surface area is 372 Å². The summed E-state index contributed by atoms with van der Waals surface area (Å²) in [5.74, 6) is 0. The van der Waals surface area contributed by atoms with E-state index in [1.54, 1.807) is 0 Å². The first-order chi connectivity index (χ1) is 31.2. The van der Waals surface area contributed by atoms with Gasteiger partial charge in [0.1, 0.15) is 0 Å². The largest absolute Gasteiger partial charge is 0.248 e. The molecule has 0 spiro atoms. The number of benzene rings is 8. The Hall–Kier alpha value is -7.61.